The molecule has 1 aromatic carbocycles. The first kappa shape index (κ1) is 20.6. The van der Waals surface area contributed by atoms with E-state index in [1.165, 1.54) is 5.56 Å². The number of hydrogen-bond donors (Lipinski definition) is 1. The largest absolute Gasteiger partial charge is 0.385 e. The number of morpholine rings is 1. The molecule has 2 N–H and O–H groups in total. The van der Waals surface area contributed by atoms with E-state index in [0.717, 1.165) is 49.9 Å². The summed E-state index contributed by atoms with van der Waals surface area (Å²) in [7, 11) is 1.81. The highest BCUT2D eigenvalue weighted by atomic mass is 35.5. The molecule has 2 fully saturated rings. The van der Waals surface area contributed by atoms with Crippen molar-refractivity contribution >= 4 is 23.3 Å². The molecule has 158 valence electrons. The zero-order chi connectivity index (χ0) is 20.4. The topological polar surface area (TPSA) is 75.7 Å². The van der Waals surface area contributed by atoms with Gasteiger partial charge in [-0.15, -0.1) is 10.2 Å². The standard InChI is InChI=1S/C21H30ClN5O2/c1-14-11-27(17(13-29-14)9-15-3-5-16(22)6-4-15)18-7-8-26(12-19(18)28-2)21-10-20(23)24-25-21/h3-6,14,17-19H,7-13H2,1-2H3,(H2,23,24)/t14-,17?,18?,19-/m0/s1. The average Bonchev–Trinajstić information content (AvgIpc) is 3.17. The fraction of sp³-hybridized carbons (Fsp3) is 0.619. The number of amidine groups is 2. The van der Waals surface area contributed by atoms with Gasteiger partial charge in [-0.05, 0) is 37.5 Å². The number of rotatable bonds is 4. The number of nitrogens with zero attached hydrogens (tertiary/aromatic N) is 4. The van der Waals surface area contributed by atoms with Gasteiger partial charge in [0.1, 0.15) is 11.7 Å². The number of ether oxygens (including phenoxy) is 2. The SMILES string of the molecule is CO[C@H]1CN(C2=NN=C(N)C2)CCC1N1C[C@H](C)OCC1Cc1ccc(Cl)cc1. The number of piperidine rings is 1. The van der Waals surface area contributed by atoms with Gasteiger partial charge in [0.05, 0.1) is 25.2 Å². The number of benzene rings is 1. The van der Waals surface area contributed by atoms with E-state index in [0.29, 0.717) is 24.3 Å². The molecular weight excluding hydrogens is 390 g/mol. The van der Waals surface area contributed by atoms with Gasteiger partial charge in [-0.3, -0.25) is 4.90 Å². The Morgan fingerprint density at radius 2 is 2.03 bits per heavy atom. The van der Waals surface area contributed by atoms with Gasteiger partial charge in [0.2, 0.25) is 0 Å². The Kier molecular flexibility index (Phi) is 6.39. The molecule has 0 bridgehead atoms. The summed E-state index contributed by atoms with van der Waals surface area (Å²) in [4.78, 5) is 4.88. The van der Waals surface area contributed by atoms with E-state index >= 15 is 0 Å². The molecule has 0 amide bonds. The maximum atomic E-state index is 6.06. The second kappa shape index (κ2) is 9.00. The van der Waals surface area contributed by atoms with Crippen LogP contribution in [-0.4, -0.2) is 79.1 Å². The fourth-order valence-corrected chi connectivity index (χ4v) is 4.75. The minimum Gasteiger partial charge on any atom is -0.385 e. The summed E-state index contributed by atoms with van der Waals surface area (Å²) in [6.45, 7) is 5.54. The molecule has 2 unspecified atom stereocenters. The molecule has 8 heteroatoms. The van der Waals surface area contributed by atoms with Crippen LogP contribution in [0.5, 0.6) is 0 Å². The fourth-order valence-electron chi connectivity index (χ4n) is 4.62. The number of methoxy groups -OCH3 is 1. The van der Waals surface area contributed by atoms with Crippen molar-refractivity contribution in [3.63, 3.8) is 0 Å². The summed E-state index contributed by atoms with van der Waals surface area (Å²) in [6.07, 6.45) is 2.92. The molecule has 4 rings (SSSR count). The molecule has 0 radical (unpaired) electrons. The van der Waals surface area contributed by atoms with E-state index in [9.17, 15) is 0 Å². The molecule has 0 aromatic heterocycles. The molecule has 2 saturated heterocycles. The van der Waals surface area contributed by atoms with Gasteiger partial charge in [-0.25, -0.2) is 0 Å². The molecule has 7 nitrogen and oxygen atoms in total. The first-order valence-electron chi connectivity index (χ1n) is 10.3. The lowest BCUT2D eigenvalue weighted by molar-refractivity contribution is -0.109. The third-order valence-electron chi connectivity index (χ3n) is 6.15. The van der Waals surface area contributed by atoms with Crippen molar-refractivity contribution in [2.75, 3.05) is 33.4 Å². The smallest absolute Gasteiger partial charge is 0.135 e. The first-order valence-corrected chi connectivity index (χ1v) is 10.7. The van der Waals surface area contributed by atoms with E-state index in [1.54, 1.807) is 7.11 Å². The van der Waals surface area contributed by atoms with Crippen LogP contribution in [0.15, 0.2) is 34.5 Å². The Morgan fingerprint density at radius 3 is 2.72 bits per heavy atom. The predicted molar refractivity (Wildman–Crippen MR) is 116 cm³/mol. The zero-order valence-corrected chi connectivity index (χ0v) is 17.9. The summed E-state index contributed by atoms with van der Waals surface area (Å²) < 4.78 is 12.0. The Balaban J connectivity index is 1.46. The maximum Gasteiger partial charge on any atom is 0.135 e. The highest BCUT2D eigenvalue weighted by Gasteiger charge is 2.40. The van der Waals surface area contributed by atoms with Crippen molar-refractivity contribution in [1.82, 2.24) is 9.80 Å². The van der Waals surface area contributed by atoms with Gasteiger partial charge in [0, 0.05) is 43.9 Å². The van der Waals surface area contributed by atoms with Gasteiger partial charge in [0.15, 0.2) is 0 Å². The molecule has 3 heterocycles. The Labute approximate surface area is 177 Å². The number of nitrogens with two attached hydrogens (primary N) is 1. The van der Waals surface area contributed by atoms with Crippen molar-refractivity contribution in [3.05, 3.63) is 34.9 Å². The van der Waals surface area contributed by atoms with Gasteiger partial charge in [-0.1, -0.05) is 23.7 Å². The molecule has 3 aliphatic heterocycles. The van der Waals surface area contributed by atoms with E-state index in [4.69, 9.17) is 26.8 Å². The minimum absolute atomic E-state index is 0.103. The van der Waals surface area contributed by atoms with E-state index in [1.807, 2.05) is 12.1 Å². The lowest BCUT2D eigenvalue weighted by Gasteiger charge is -2.49. The van der Waals surface area contributed by atoms with Gasteiger partial charge >= 0.3 is 0 Å². The molecule has 1 aromatic rings. The van der Waals surface area contributed by atoms with Crippen LogP contribution in [0.4, 0.5) is 0 Å². The zero-order valence-electron chi connectivity index (χ0n) is 17.1. The van der Waals surface area contributed by atoms with E-state index < -0.39 is 0 Å². The van der Waals surface area contributed by atoms with Crippen LogP contribution in [0, 0.1) is 0 Å². The van der Waals surface area contributed by atoms with Crippen LogP contribution in [0.1, 0.15) is 25.3 Å². The van der Waals surface area contributed by atoms with Crippen LogP contribution in [0.25, 0.3) is 0 Å². The summed E-state index contributed by atoms with van der Waals surface area (Å²) >= 11 is 6.06. The molecule has 4 atom stereocenters. The third kappa shape index (κ3) is 4.74. The predicted octanol–water partition coefficient (Wildman–Crippen LogP) is 2.14. The Morgan fingerprint density at radius 1 is 1.24 bits per heavy atom. The van der Waals surface area contributed by atoms with Crippen molar-refractivity contribution in [2.24, 2.45) is 15.9 Å². The highest BCUT2D eigenvalue weighted by molar-refractivity contribution is 6.30. The van der Waals surface area contributed by atoms with Gasteiger partial charge < -0.3 is 20.1 Å². The molecular formula is C21H30ClN5O2. The van der Waals surface area contributed by atoms with Crippen molar-refractivity contribution in [3.8, 4) is 0 Å². The monoisotopic (exact) mass is 419 g/mol. The van der Waals surface area contributed by atoms with Crippen molar-refractivity contribution in [1.29, 1.82) is 0 Å². The quantitative estimate of drug-likeness (QED) is 0.809. The summed E-state index contributed by atoms with van der Waals surface area (Å²) in [5, 5.41) is 9.00. The van der Waals surface area contributed by atoms with Crippen molar-refractivity contribution < 1.29 is 9.47 Å². The third-order valence-corrected chi connectivity index (χ3v) is 6.40. The Bertz CT molecular complexity index is 769. The van der Waals surface area contributed by atoms with Crippen LogP contribution >= 0.6 is 11.6 Å². The summed E-state index contributed by atoms with van der Waals surface area (Å²) in [5.74, 6) is 1.54. The summed E-state index contributed by atoms with van der Waals surface area (Å²) in [5.41, 5.74) is 7.09. The highest BCUT2D eigenvalue weighted by Crippen LogP contribution is 2.27. The van der Waals surface area contributed by atoms with Gasteiger partial charge in [-0.2, -0.15) is 0 Å². The van der Waals surface area contributed by atoms with E-state index in [-0.39, 0.29) is 12.2 Å². The molecule has 29 heavy (non-hydrogen) atoms. The molecule has 3 aliphatic rings. The van der Waals surface area contributed by atoms with Crippen LogP contribution < -0.4 is 5.73 Å². The second-order valence-electron chi connectivity index (χ2n) is 8.19. The molecule has 0 spiro atoms. The molecule has 0 aliphatic carbocycles. The van der Waals surface area contributed by atoms with Crippen molar-refractivity contribution in [2.45, 2.75) is 50.5 Å². The normalized spacial score (nSPS) is 30.9. The minimum atomic E-state index is 0.103. The maximum absolute atomic E-state index is 6.06. The Hall–Kier alpha value is -1.67. The lowest BCUT2D eigenvalue weighted by Crippen LogP contribution is -2.62. The number of hydrogen-bond acceptors (Lipinski definition) is 7. The van der Waals surface area contributed by atoms with Crippen LogP contribution in [0.3, 0.4) is 0 Å². The van der Waals surface area contributed by atoms with E-state index in [2.05, 4.69) is 39.1 Å². The van der Waals surface area contributed by atoms with Crippen LogP contribution in [0.2, 0.25) is 5.02 Å². The average molecular weight is 420 g/mol. The van der Waals surface area contributed by atoms with Gasteiger partial charge in [0.25, 0.3) is 0 Å². The molecule has 0 saturated carbocycles. The number of likely N-dealkylation sites (tertiary alicyclic amines) is 1. The second-order valence-corrected chi connectivity index (χ2v) is 8.62. The number of halogens is 1. The summed E-state index contributed by atoms with van der Waals surface area (Å²) in [6, 6.07) is 8.81. The lowest BCUT2D eigenvalue weighted by atomic mass is 9.94. The first-order chi connectivity index (χ1) is 14.0. The van der Waals surface area contributed by atoms with Crippen LogP contribution in [-0.2, 0) is 15.9 Å².